The number of carbonyl (C=O) groups is 1. The zero-order chi connectivity index (χ0) is 10.7. The first-order valence-corrected chi connectivity index (χ1v) is 5.75. The van der Waals surface area contributed by atoms with Crippen LogP contribution in [0.2, 0.25) is 0 Å². The highest BCUT2D eigenvalue weighted by molar-refractivity contribution is 8.01. The molecule has 1 N–H and O–H groups in total. The van der Waals surface area contributed by atoms with Gasteiger partial charge < -0.3 is 4.74 Å². The third-order valence-electron chi connectivity index (χ3n) is 2.14. The molecular formula is C11H13NO2S. The fourth-order valence-corrected chi connectivity index (χ4v) is 2.33. The summed E-state index contributed by atoms with van der Waals surface area (Å²) in [6, 6.07) is 9.87. The number of nitrogens with one attached hydrogen (secondary N) is 1. The van der Waals surface area contributed by atoms with Crippen LogP contribution in [0.15, 0.2) is 35.2 Å². The molecule has 1 aliphatic heterocycles. The predicted octanol–water partition coefficient (Wildman–Crippen LogP) is 1.64. The number of hydrogen-bond donors (Lipinski definition) is 1. The summed E-state index contributed by atoms with van der Waals surface area (Å²) in [5, 5.41) is 3.07. The van der Waals surface area contributed by atoms with Gasteiger partial charge in [0.15, 0.2) is 4.87 Å². The zero-order valence-electron chi connectivity index (χ0n) is 8.53. The fraction of sp³-hybridized carbons (Fsp3) is 0.364. The summed E-state index contributed by atoms with van der Waals surface area (Å²) in [5.41, 5.74) is 0. The maximum atomic E-state index is 11.6. The van der Waals surface area contributed by atoms with Gasteiger partial charge in [0.25, 0.3) is 0 Å². The third kappa shape index (κ3) is 2.33. The van der Waals surface area contributed by atoms with E-state index in [1.54, 1.807) is 0 Å². The first-order valence-electron chi connectivity index (χ1n) is 4.93. The second kappa shape index (κ2) is 4.24. The topological polar surface area (TPSA) is 48.2 Å². The number of rotatable bonds is 4. The highest BCUT2D eigenvalue weighted by Crippen LogP contribution is 2.38. The minimum absolute atomic E-state index is 0.168. The van der Waals surface area contributed by atoms with E-state index in [9.17, 15) is 4.79 Å². The molecule has 3 nitrogen and oxygen atoms in total. The molecule has 0 aliphatic carbocycles. The Hall–Kier alpha value is -1.00. The van der Waals surface area contributed by atoms with E-state index in [1.165, 1.54) is 11.8 Å². The van der Waals surface area contributed by atoms with Crippen molar-refractivity contribution in [2.45, 2.75) is 16.7 Å². The van der Waals surface area contributed by atoms with Gasteiger partial charge in [-0.1, -0.05) is 30.0 Å². The standard InChI is InChI=1S/C11H13NO2S/c1-2-14-10(13)11(8-12-11)15-9-6-4-3-5-7-9/h3-7,12H,2,8H2,1H3/t11-/m1/s1. The molecule has 2 rings (SSSR count). The lowest BCUT2D eigenvalue weighted by Gasteiger charge is -2.11. The summed E-state index contributed by atoms with van der Waals surface area (Å²) >= 11 is 1.52. The second-order valence-electron chi connectivity index (χ2n) is 3.32. The molecule has 1 aromatic carbocycles. The Morgan fingerprint density at radius 2 is 2.20 bits per heavy atom. The molecule has 1 atom stereocenters. The van der Waals surface area contributed by atoms with Crippen molar-refractivity contribution in [1.29, 1.82) is 0 Å². The lowest BCUT2D eigenvalue weighted by atomic mass is 10.4. The lowest BCUT2D eigenvalue weighted by molar-refractivity contribution is -0.143. The summed E-state index contributed by atoms with van der Waals surface area (Å²) in [6.07, 6.45) is 0. The smallest absolute Gasteiger partial charge is 0.338 e. The minimum Gasteiger partial charge on any atom is -0.464 e. The summed E-state index contributed by atoms with van der Waals surface area (Å²) in [6.45, 7) is 2.93. The van der Waals surface area contributed by atoms with Crippen LogP contribution in [-0.2, 0) is 9.53 Å². The van der Waals surface area contributed by atoms with Crippen molar-refractivity contribution < 1.29 is 9.53 Å². The van der Waals surface area contributed by atoms with E-state index in [0.717, 1.165) is 4.90 Å². The van der Waals surface area contributed by atoms with E-state index >= 15 is 0 Å². The van der Waals surface area contributed by atoms with Gasteiger partial charge in [0.2, 0.25) is 0 Å². The second-order valence-corrected chi connectivity index (χ2v) is 4.69. The van der Waals surface area contributed by atoms with E-state index in [-0.39, 0.29) is 5.97 Å². The maximum Gasteiger partial charge on any atom is 0.338 e. The normalized spacial score (nSPS) is 23.5. The summed E-state index contributed by atoms with van der Waals surface area (Å²) < 4.78 is 5.02. The average Bonchev–Trinajstić information content (AvgIpc) is 3.01. The third-order valence-corrected chi connectivity index (χ3v) is 3.45. The first-order chi connectivity index (χ1) is 7.27. The molecule has 0 amide bonds. The van der Waals surface area contributed by atoms with Crippen molar-refractivity contribution in [1.82, 2.24) is 5.32 Å². The molecule has 80 valence electrons. The highest BCUT2D eigenvalue weighted by Gasteiger charge is 2.52. The number of carbonyl (C=O) groups excluding carboxylic acids is 1. The van der Waals surface area contributed by atoms with Gasteiger partial charge in [-0.25, -0.2) is 4.79 Å². The number of esters is 1. The van der Waals surface area contributed by atoms with Crippen molar-refractivity contribution in [2.24, 2.45) is 0 Å². The van der Waals surface area contributed by atoms with Crippen LogP contribution < -0.4 is 5.32 Å². The number of thioether (sulfide) groups is 1. The molecule has 0 saturated carbocycles. The highest BCUT2D eigenvalue weighted by atomic mass is 32.2. The van der Waals surface area contributed by atoms with Gasteiger partial charge in [-0.2, -0.15) is 0 Å². The van der Waals surface area contributed by atoms with Gasteiger partial charge in [0.1, 0.15) is 0 Å². The predicted molar refractivity (Wildman–Crippen MR) is 59.7 cm³/mol. The maximum absolute atomic E-state index is 11.6. The Kier molecular flexibility index (Phi) is 2.98. The van der Waals surface area contributed by atoms with Gasteiger partial charge in [-0.15, -0.1) is 0 Å². The van der Waals surface area contributed by atoms with Crippen LogP contribution in [0.5, 0.6) is 0 Å². The molecular weight excluding hydrogens is 210 g/mol. The first kappa shape index (κ1) is 10.5. The zero-order valence-corrected chi connectivity index (χ0v) is 9.34. The monoisotopic (exact) mass is 223 g/mol. The number of benzene rings is 1. The van der Waals surface area contributed by atoms with E-state index in [4.69, 9.17) is 4.74 Å². The van der Waals surface area contributed by atoms with Crippen LogP contribution in [0, 0.1) is 0 Å². The van der Waals surface area contributed by atoms with Gasteiger partial charge in [-0.3, -0.25) is 5.32 Å². The fourth-order valence-electron chi connectivity index (χ4n) is 1.28. The van der Waals surface area contributed by atoms with Gasteiger partial charge in [0, 0.05) is 11.4 Å². The Labute approximate surface area is 93.2 Å². The summed E-state index contributed by atoms with van der Waals surface area (Å²) in [7, 11) is 0. The Morgan fingerprint density at radius 1 is 1.53 bits per heavy atom. The summed E-state index contributed by atoms with van der Waals surface area (Å²) in [4.78, 5) is 12.2. The quantitative estimate of drug-likeness (QED) is 0.622. The van der Waals surface area contributed by atoms with Crippen LogP contribution in [0.1, 0.15) is 6.92 Å². The van der Waals surface area contributed by atoms with Crippen LogP contribution in [0.25, 0.3) is 0 Å². The lowest BCUT2D eigenvalue weighted by Crippen LogP contribution is -2.26. The molecule has 0 unspecified atom stereocenters. The van der Waals surface area contributed by atoms with Crippen LogP contribution in [-0.4, -0.2) is 24.0 Å². The molecule has 0 bridgehead atoms. The van der Waals surface area contributed by atoms with E-state index in [1.807, 2.05) is 37.3 Å². The van der Waals surface area contributed by atoms with Crippen LogP contribution in [0.3, 0.4) is 0 Å². The Morgan fingerprint density at radius 3 is 2.73 bits per heavy atom. The van der Waals surface area contributed by atoms with Crippen molar-refractivity contribution in [2.75, 3.05) is 13.2 Å². The molecule has 15 heavy (non-hydrogen) atoms. The van der Waals surface area contributed by atoms with Crippen LogP contribution >= 0.6 is 11.8 Å². The van der Waals surface area contributed by atoms with E-state index in [2.05, 4.69) is 5.32 Å². The molecule has 1 aliphatic rings. The molecule has 1 fully saturated rings. The van der Waals surface area contributed by atoms with Gasteiger partial charge in [-0.05, 0) is 19.1 Å². The number of hydrogen-bond acceptors (Lipinski definition) is 4. The van der Waals surface area contributed by atoms with E-state index < -0.39 is 4.87 Å². The Balaban J connectivity index is 2.03. The van der Waals surface area contributed by atoms with Crippen molar-refractivity contribution in [3.8, 4) is 0 Å². The number of ether oxygens (including phenoxy) is 1. The molecule has 0 aromatic heterocycles. The SMILES string of the molecule is CCOC(=O)[C@]1(Sc2ccccc2)CN1. The van der Waals surface area contributed by atoms with Crippen molar-refractivity contribution in [3.05, 3.63) is 30.3 Å². The van der Waals surface area contributed by atoms with Crippen molar-refractivity contribution in [3.63, 3.8) is 0 Å². The largest absolute Gasteiger partial charge is 0.464 e. The molecule has 1 saturated heterocycles. The molecule has 4 heteroatoms. The molecule has 1 heterocycles. The van der Waals surface area contributed by atoms with Gasteiger partial charge >= 0.3 is 5.97 Å². The van der Waals surface area contributed by atoms with E-state index in [0.29, 0.717) is 13.2 Å². The Bertz CT molecular complexity index is 349. The minimum atomic E-state index is -0.530. The van der Waals surface area contributed by atoms with Gasteiger partial charge in [0.05, 0.1) is 6.61 Å². The molecule has 0 spiro atoms. The van der Waals surface area contributed by atoms with Crippen molar-refractivity contribution >= 4 is 17.7 Å². The molecule has 1 aromatic rings. The van der Waals surface area contributed by atoms with Crippen LogP contribution in [0.4, 0.5) is 0 Å². The summed E-state index contributed by atoms with van der Waals surface area (Å²) in [5.74, 6) is -0.168. The average molecular weight is 223 g/mol. The molecule has 0 radical (unpaired) electrons.